The molecule has 2 aromatic rings. The second-order valence-electron chi connectivity index (χ2n) is 6.30. The molecule has 1 unspecified atom stereocenters. The first-order valence-corrected chi connectivity index (χ1v) is 7.93. The van der Waals surface area contributed by atoms with Crippen LogP contribution in [0.5, 0.6) is 0 Å². The summed E-state index contributed by atoms with van der Waals surface area (Å²) >= 11 is 0. The fraction of sp³-hybridized carbons (Fsp3) is 0.600. The van der Waals surface area contributed by atoms with E-state index in [-0.39, 0.29) is 12.1 Å². The van der Waals surface area contributed by atoms with Gasteiger partial charge in [0.1, 0.15) is 0 Å². The van der Waals surface area contributed by atoms with E-state index in [1.165, 1.54) is 0 Å². The van der Waals surface area contributed by atoms with Crippen LogP contribution >= 0.6 is 0 Å². The molecule has 1 aliphatic heterocycles. The number of anilines is 1. The van der Waals surface area contributed by atoms with E-state index in [1.54, 1.807) is 18.0 Å². The van der Waals surface area contributed by atoms with Gasteiger partial charge in [0.25, 0.3) is 0 Å². The Bertz CT molecular complexity index is 677. The van der Waals surface area contributed by atoms with Gasteiger partial charge in [-0.15, -0.1) is 0 Å². The van der Waals surface area contributed by atoms with Crippen LogP contribution in [0.25, 0.3) is 0 Å². The van der Waals surface area contributed by atoms with Crippen molar-refractivity contribution in [2.24, 2.45) is 5.92 Å². The molecule has 3 heterocycles. The topological polar surface area (TPSA) is 89.1 Å². The lowest BCUT2D eigenvalue weighted by Gasteiger charge is -2.22. The molecule has 0 bridgehead atoms. The lowest BCUT2D eigenvalue weighted by molar-refractivity contribution is 0.204. The molecule has 0 saturated carbocycles. The van der Waals surface area contributed by atoms with Crippen molar-refractivity contribution in [3.63, 3.8) is 0 Å². The van der Waals surface area contributed by atoms with Crippen LogP contribution in [-0.2, 0) is 6.54 Å². The quantitative estimate of drug-likeness (QED) is 0.936. The van der Waals surface area contributed by atoms with Crippen molar-refractivity contribution in [3.05, 3.63) is 24.1 Å². The minimum atomic E-state index is -0.154. The van der Waals surface area contributed by atoms with Crippen molar-refractivity contribution in [1.82, 2.24) is 24.8 Å². The Balaban J connectivity index is 1.66. The van der Waals surface area contributed by atoms with Gasteiger partial charge in [-0.3, -0.25) is 4.68 Å². The minimum absolute atomic E-state index is 0.127. The Morgan fingerprint density at radius 3 is 3.04 bits per heavy atom. The fourth-order valence-corrected chi connectivity index (χ4v) is 2.83. The summed E-state index contributed by atoms with van der Waals surface area (Å²) in [7, 11) is 0. The summed E-state index contributed by atoms with van der Waals surface area (Å²) in [5.74, 6) is 1.59. The molecule has 2 amide bonds. The Hall–Kier alpha value is -2.38. The highest BCUT2D eigenvalue weighted by molar-refractivity contribution is 5.89. The lowest BCUT2D eigenvalue weighted by atomic mass is 10.2. The number of rotatable bonds is 4. The molecule has 0 aliphatic carbocycles. The van der Waals surface area contributed by atoms with Crippen LogP contribution in [0.3, 0.4) is 0 Å². The summed E-state index contributed by atoms with van der Waals surface area (Å²) in [5, 5.41) is 11.1. The van der Waals surface area contributed by atoms with Gasteiger partial charge in [-0.1, -0.05) is 19.0 Å². The molecule has 0 spiro atoms. The number of hydrogen-bond acceptors (Lipinski definition) is 5. The largest absolute Gasteiger partial charge is 0.340 e. The van der Waals surface area contributed by atoms with Crippen molar-refractivity contribution in [2.75, 3.05) is 11.9 Å². The van der Waals surface area contributed by atoms with Gasteiger partial charge in [0.15, 0.2) is 5.82 Å². The van der Waals surface area contributed by atoms with Gasteiger partial charge in [0, 0.05) is 26.2 Å². The molecule has 8 heteroatoms. The molecule has 23 heavy (non-hydrogen) atoms. The highest BCUT2D eigenvalue weighted by Gasteiger charge is 2.33. The molecule has 0 radical (unpaired) electrons. The van der Waals surface area contributed by atoms with Crippen molar-refractivity contribution < 1.29 is 9.32 Å². The van der Waals surface area contributed by atoms with Gasteiger partial charge in [0.05, 0.1) is 17.9 Å². The van der Waals surface area contributed by atoms with Gasteiger partial charge >= 0.3 is 6.03 Å². The number of aromatic nitrogens is 4. The molecule has 1 aliphatic rings. The van der Waals surface area contributed by atoms with E-state index in [9.17, 15) is 4.79 Å². The summed E-state index contributed by atoms with van der Waals surface area (Å²) in [6.07, 6.45) is 5.29. The molecule has 1 fully saturated rings. The monoisotopic (exact) mass is 318 g/mol. The molecule has 2 aromatic heterocycles. The molecule has 3 rings (SSSR count). The first-order valence-electron chi connectivity index (χ1n) is 7.93. The zero-order valence-corrected chi connectivity index (χ0v) is 13.7. The average molecular weight is 318 g/mol. The van der Waals surface area contributed by atoms with Gasteiger partial charge < -0.3 is 14.7 Å². The zero-order chi connectivity index (χ0) is 16.4. The van der Waals surface area contributed by atoms with E-state index in [1.807, 2.05) is 10.9 Å². The molecule has 1 N–H and O–H groups in total. The normalized spacial score (nSPS) is 17.9. The predicted octanol–water partition coefficient (Wildman–Crippen LogP) is 2.60. The number of likely N-dealkylation sites (tertiary alicyclic amines) is 1. The number of carbonyl (C=O) groups is 1. The smallest absolute Gasteiger partial charge is 0.322 e. The third kappa shape index (κ3) is 3.52. The maximum atomic E-state index is 12.5. The molecular formula is C15H22N6O2. The maximum Gasteiger partial charge on any atom is 0.322 e. The van der Waals surface area contributed by atoms with Gasteiger partial charge in [-0.2, -0.15) is 10.1 Å². The summed E-state index contributed by atoms with van der Waals surface area (Å²) < 4.78 is 6.87. The minimum Gasteiger partial charge on any atom is -0.340 e. The summed E-state index contributed by atoms with van der Waals surface area (Å²) in [6, 6.07) is -0.280. The number of hydrogen-bond donors (Lipinski definition) is 1. The van der Waals surface area contributed by atoms with Crippen molar-refractivity contribution in [2.45, 2.75) is 46.2 Å². The van der Waals surface area contributed by atoms with Crippen molar-refractivity contribution in [3.8, 4) is 0 Å². The molecule has 0 aromatic carbocycles. The van der Waals surface area contributed by atoms with Crippen LogP contribution in [0.4, 0.5) is 10.5 Å². The van der Waals surface area contributed by atoms with Crippen molar-refractivity contribution >= 4 is 11.7 Å². The number of aryl methyl sites for hydroxylation is 1. The zero-order valence-electron chi connectivity index (χ0n) is 13.7. The third-order valence-corrected chi connectivity index (χ3v) is 3.79. The Morgan fingerprint density at radius 2 is 2.35 bits per heavy atom. The Kier molecular flexibility index (Phi) is 4.31. The number of carbonyl (C=O) groups excluding carboxylic acids is 1. The van der Waals surface area contributed by atoms with E-state index in [0.29, 0.717) is 29.9 Å². The van der Waals surface area contributed by atoms with E-state index in [4.69, 9.17) is 4.52 Å². The maximum absolute atomic E-state index is 12.5. The van der Waals surface area contributed by atoms with Gasteiger partial charge in [-0.05, 0) is 18.8 Å². The SMILES string of the molecule is Cc1nc(C2CCCN2C(=O)Nc2cnn(CC(C)C)c2)no1. The number of urea groups is 1. The molecule has 1 atom stereocenters. The number of amides is 2. The predicted molar refractivity (Wildman–Crippen MR) is 83.8 cm³/mol. The van der Waals surface area contributed by atoms with E-state index in [2.05, 4.69) is 34.4 Å². The van der Waals surface area contributed by atoms with Gasteiger partial charge in [-0.25, -0.2) is 4.79 Å². The summed E-state index contributed by atoms with van der Waals surface area (Å²) in [5.41, 5.74) is 0.700. The lowest BCUT2D eigenvalue weighted by Crippen LogP contribution is -2.34. The van der Waals surface area contributed by atoms with Gasteiger partial charge in [0.2, 0.25) is 5.89 Å². The van der Waals surface area contributed by atoms with E-state index >= 15 is 0 Å². The molecule has 124 valence electrons. The van der Waals surface area contributed by atoms with Crippen LogP contribution in [0.2, 0.25) is 0 Å². The summed E-state index contributed by atoms with van der Waals surface area (Å²) in [6.45, 7) is 7.51. The highest BCUT2D eigenvalue weighted by Crippen LogP contribution is 2.30. The van der Waals surface area contributed by atoms with Crippen LogP contribution in [-0.4, -0.2) is 37.4 Å². The Morgan fingerprint density at radius 1 is 1.52 bits per heavy atom. The Labute approximate surface area is 134 Å². The van der Waals surface area contributed by atoms with Crippen LogP contribution < -0.4 is 5.32 Å². The van der Waals surface area contributed by atoms with Crippen LogP contribution in [0.15, 0.2) is 16.9 Å². The van der Waals surface area contributed by atoms with Crippen LogP contribution in [0.1, 0.15) is 44.4 Å². The fourth-order valence-electron chi connectivity index (χ4n) is 2.83. The second kappa shape index (κ2) is 6.39. The van der Waals surface area contributed by atoms with E-state index < -0.39 is 0 Å². The second-order valence-corrected chi connectivity index (χ2v) is 6.30. The number of nitrogens with one attached hydrogen (secondary N) is 1. The number of nitrogens with zero attached hydrogens (tertiary/aromatic N) is 5. The first kappa shape index (κ1) is 15.5. The van der Waals surface area contributed by atoms with Crippen molar-refractivity contribution in [1.29, 1.82) is 0 Å². The molecule has 8 nitrogen and oxygen atoms in total. The third-order valence-electron chi connectivity index (χ3n) is 3.79. The average Bonchev–Trinajstić information content (AvgIpc) is 3.18. The molecular weight excluding hydrogens is 296 g/mol. The summed E-state index contributed by atoms with van der Waals surface area (Å²) in [4.78, 5) is 18.5. The molecule has 1 saturated heterocycles. The standard InChI is InChI=1S/C15H22N6O2/c1-10(2)8-20-9-12(7-16-20)18-15(22)21-6-4-5-13(21)14-17-11(3)23-19-14/h7,9-10,13H,4-6,8H2,1-3H3,(H,18,22). The van der Waals surface area contributed by atoms with E-state index in [0.717, 1.165) is 19.4 Å². The first-order chi connectivity index (χ1) is 11.0. The van der Waals surface area contributed by atoms with Crippen LogP contribution in [0, 0.1) is 12.8 Å². The highest BCUT2D eigenvalue weighted by atomic mass is 16.5.